The molecule has 2 N–H and O–H groups in total. The van der Waals surface area contributed by atoms with Crippen molar-refractivity contribution >= 4 is 21.6 Å². The van der Waals surface area contributed by atoms with Gasteiger partial charge >= 0.3 is 6.18 Å². The maximum Gasteiger partial charge on any atom is 0.416 e. The lowest BCUT2D eigenvalue weighted by Crippen LogP contribution is -3.12. The molecule has 0 bridgehead atoms. The number of hydrogen-bond acceptors (Lipinski definition) is 3. The summed E-state index contributed by atoms with van der Waals surface area (Å²) in [5.74, 6) is -0.691. The van der Waals surface area contributed by atoms with Crippen LogP contribution in [0.2, 0.25) is 0 Å². The fourth-order valence-electron chi connectivity index (χ4n) is 3.03. The summed E-state index contributed by atoms with van der Waals surface area (Å²) in [5.41, 5.74) is -0.868. The molecule has 1 heterocycles. The molecular formula is C19H21F3N3O3S+. The largest absolute Gasteiger partial charge is 0.416 e. The van der Waals surface area contributed by atoms with Crippen molar-refractivity contribution in [3.8, 4) is 0 Å². The molecule has 6 nitrogen and oxygen atoms in total. The van der Waals surface area contributed by atoms with Gasteiger partial charge in [-0.05, 0) is 36.4 Å². The topological polar surface area (TPSA) is 70.9 Å². The SMILES string of the molecule is C[NH+]1CCN(S(=O)(=O)c2cccc(C(=O)Nc3cccc(C(F)(F)F)c3)c2)CC1. The van der Waals surface area contributed by atoms with E-state index in [-0.39, 0.29) is 16.1 Å². The fourth-order valence-corrected chi connectivity index (χ4v) is 4.52. The first-order valence-corrected chi connectivity index (χ1v) is 10.4. The first-order valence-electron chi connectivity index (χ1n) is 8.97. The van der Waals surface area contributed by atoms with Gasteiger partial charge in [0.15, 0.2) is 0 Å². The van der Waals surface area contributed by atoms with E-state index in [4.69, 9.17) is 0 Å². The number of amides is 1. The van der Waals surface area contributed by atoms with Gasteiger partial charge < -0.3 is 10.2 Å². The molecule has 1 amide bonds. The van der Waals surface area contributed by atoms with Crippen LogP contribution in [0.25, 0.3) is 0 Å². The zero-order valence-corrected chi connectivity index (χ0v) is 16.5. The quantitative estimate of drug-likeness (QED) is 0.775. The molecule has 2 aromatic carbocycles. The van der Waals surface area contributed by atoms with E-state index in [1.165, 1.54) is 45.6 Å². The van der Waals surface area contributed by atoms with Crippen LogP contribution in [-0.2, 0) is 16.2 Å². The van der Waals surface area contributed by atoms with Crippen molar-refractivity contribution in [3.63, 3.8) is 0 Å². The van der Waals surface area contributed by atoms with Crippen molar-refractivity contribution in [1.29, 1.82) is 0 Å². The summed E-state index contributed by atoms with van der Waals surface area (Å²) >= 11 is 0. The minimum atomic E-state index is -4.53. The molecule has 0 saturated carbocycles. The second-order valence-electron chi connectivity index (χ2n) is 6.92. The first-order chi connectivity index (χ1) is 13.6. The van der Waals surface area contributed by atoms with E-state index >= 15 is 0 Å². The Morgan fingerprint density at radius 3 is 2.38 bits per heavy atom. The second kappa shape index (κ2) is 8.13. The van der Waals surface area contributed by atoms with Crippen molar-refractivity contribution in [3.05, 3.63) is 59.7 Å². The Morgan fingerprint density at radius 1 is 1.07 bits per heavy atom. The molecule has 0 aliphatic carbocycles. The van der Waals surface area contributed by atoms with E-state index < -0.39 is 27.7 Å². The molecule has 1 aliphatic rings. The van der Waals surface area contributed by atoms with Gasteiger partial charge in [-0.15, -0.1) is 0 Å². The van der Waals surface area contributed by atoms with Gasteiger partial charge in [0, 0.05) is 11.3 Å². The van der Waals surface area contributed by atoms with Gasteiger partial charge in [-0.2, -0.15) is 17.5 Å². The van der Waals surface area contributed by atoms with Crippen molar-refractivity contribution in [2.75, 3.05) is 38.5 Å². The number of rotatable bonds is 4. The second-order valence-corrected chi connectivity index (χ2v) is 8.86. The third kappa shape index (κ3) is 4.95. The molecule has 0 radical (unpaired) electrons. The van der Waals surface area contributed by atoms with Gasteiger partial charge in [-0.1, -0.05) is 12.1 Å². The molecule has 3 rings (SSSR count). The predicted octanol–water partition coefficient (Wildman–Crippen LogP) is 1.48. The molecule has 2 aromatic rings. The van der Waals surface area contributed by atoms with Crippen molar-refractivity contribution in [1.82, 2.24) is 4.31 Å². The Bertz CT molecular complexity index is 1000. The fraction of sp³-hybridized carbons (Fsp3) is 0.316. The highest BCUT2D eigenvalue weighted by atomic mass is 32.2. The van der Waals surface area contributed by atoms with Crippen LogP contribution in [-0.4, -0.2) is 51.9 Å². The van der Waals surface area contributed by atoms with Crippen molar-refractivity contribution < 1.29 is 31.3 Å². The summed E-state index contributed by atoms with van der Waals surface area (Å²) in [6.45, 7) is 2.15. The van der Waals surface area contributed by atoms with E-state index in [1.807, 2.05) is 7.05 Å². The molecule has 1 saturated heterocycles. The highest BCUT2D eigenvalue weighted by molar-refractivity contribution is 7.89. The van der Waals surface area contributed by atoms with E-state index in [0.717, 1.165) is 12.1 Å². The molecule has 0 aromatic heterocycles. The molecule has 29 heavy (non-hydrogen) atoms. The van der Waals surface area contributed by atoms with Gasteiger partial charge in [-0.25, -0.2) is 8.42 Å². The minimum absolute atomic E-state index is 0.0197. The zero-order valence-electron chi connectivity index (χ0n) is 15.7. The maximum absolute atomic E-state index is 12.8. The van der Waals surface area contributed by atoms with E-state index in [2.05, 4.69) is 5.32 Å². The number of piperazine rings is 1. The number of carbonyl (C=O) groups excluding carboxylic acids is 1. The van der Waals surface area contributed by atoms with Crippen LogP contribution in [0.15, 0.2) is 53.4 Å². The third-order valence-corrected chi connectivity index (χ3v) is 6.65. The third-order valence-electron chi connectivity index (χ3n) is 4.76. The molecular weight excluding hydrogens is 407 g/mol. The van der Waals surface area contributed by atoms with E-state index in [9.17, 15) is 26.4 Å². The van der Waals surface area contributed by atoms with Gasteiger partial charge in [0.2, 0.25) is 10.0 Å². The number of alkyl halides is 3. The number of halogens is 3. The Morgan fingerprint density at radius 2 is 1.72 bits per heavy atom. The van der Waals surface area contributed by atoms with Crippen molar-refractivity contribution in [2.24, 2.45) is 0 Å². The summed E-state index contributed by atoms with van der Waals surface area (Å²) in [6, 6.07) is 9.75. The molecule has 0 unspecified atom stereocenters. The lowest BCUT2D eigenvalue weighted by Gasteiger charge is -2.29. The van der Waals surface area contributed by atoms with Gasteiger partial charge in [0.05, 0.1) is 43.7 Å². The minimum Gasteiger partial charge on any atom is -0.335 e. The van der Waals surface area contributed by atoms with Crippen LogP contribution in [0, 0.1) is 0 Å². The number of hydrogen-bond donors (Lipinski definition) is 2. The van der Waals surface area contributed by atoms with Crippen LogP contribution < -0.4 is 10.2 Å². The van der Waals surface area contributed by atoms with Crippen LogP contribution in [0.1, 0.15) is 15.9 Å². The molecule has 0 spiro atoms. The molecule has 1 aliphatic heterocycles. The molecule has 156 valence electrons. The summed E-state index contributed by atoms with van der Waals surface area (Å²) in [6.07, 6.45) is -4.53. The summed E-state index contributed by atoms with van der Waals surface area (Å²) in [5, 5.41) is 2.38. The summed E-state index contributed by atoms with van der Waals surface area (Å²) in [7, 11) is -1.76. The molecule has 1 fully saturated rings. The highest BCUT2D eigenvalue weighted by Crippen LogP contribution is 2.30. The number of carbonyl (C=O) groups is 1. The van der Waals surface area contributed by atoms with E-state index in [1.54, 1.807) is 0 Å². The maximum atomic E-state index is 12.8. The average molecular weight is 428 g/mol. The highest BCUT2D eigenvalue weighted by Gasteiger charge is 2.31. The van der Waals surface area contributed by atoms with Gasteiger partial charge in [0.25, 0.3) is 5.91 Å². The van der Waals surface area contributed by atoms with Crippen LogP contribution in [0.5, 0.6) is 0 Å². The number of anilines is 1. The molecule has 0 atom stereocenters. The number of quaternary nitrogens is 1. The normalized spacial score (nSPS) is 16.6. The van der Waals surface area contributed by atoms with Gasteiger partial charge in [-0.3, -0.25) is 4.79 Å². The van der Waals surface area contributed by atoms with Crippen molar-refractivity contribution in [2.45, 2.75) is 11.1 Å². The smallest absolute Gasteiger partial charge is 0.335 e. The van der Waals surface area contributed by atoms with Crippen LogP contribution >= 0.6 is 0 Å². The Balaban J connectivity index is 1.80. The predicted molar refractivity (Wildman–Crippen MR) is 101 cm³/mol. The van der Waals surface area contributed by atoms with Gasteiger partial charge in [0.1, 0.15) is 0 Å². The average Bonchev–Trinajstić information content (AvgIpc) is 2.68. The monoisotopic (exact) mass is 428 g/mol. The lowest BCUT2D eigenvalue weighted by molar-refractivity contribution is -0.883. The zero-order chi connectivity index (χ0) is 21.2. The van der Waals surface area contributed by atoms with Crippen LogP contribution in [0.3, 0.4) is 0 Å². The Kier molecular flexibility index (Phi) is 5.97. The standard InChI is InChI=1S/C19H20F3N3O3S/c1-24-8-10-25(11-9-24)29(27,28)17-7-2-4-14(12-17)18(26)23-16-6-3-5-15(13-16)19(20,21)22/h2-7,12-13H,8-11H2,1H3,(H,23,26)/p+1. The Hall–Kier alpha value is -2.43. The first kappa shape index (κ1) is 21.3. The molecule has 10 heteroatoms. The summed E-state index contributed by atoms with van der Waals surface area (Å²) in [4.78, 5) is 13.7. The number of likely N-dealkylation sites (N-methyl/N-ethyl adjacent to an activating group) is 1. The number of nitrogens with one attached hydrogen (secondary N) is 2. The van der Waals surface area contributed by atoms with E-state index in [0.29, 0.717) is 26.2 Å². The Labute approximate surface area is 167 Å². The number of benzene rings is 2. The van der Waals surface area contributed by atoms with Crippen LogP contribution in [0.4, 0.5) is 18.9 Å². The number of sulfonamides is 1. The summed E-state index contributed by atoms with van der Waals surface area (Å²) < 4.78 is 65.5. The lowest BCUT2D eigenvalue weighted by atomic mass is 10.1. The number of nitrogens with zero attached hydrogens (tertiary/aromatic N) is 1.